The van der Waals surface area contributed by atoms with E-state index in [1.807, 2.05) is 18.2 Å². The van der Waals surface area contributed by atoms with Gasteiger partial charge in [-0.3, -0.25) is 10.3 Å². The zero-order chi connectivity index (χ0) is 25.7. The van der Waals surface area contributed by atoms with Crippen LogP contribution >= 0.6 is 0 Å². The Morgan fingerprint density at radius 3 is 2.56 bits per heavy atom. The minimum atomic E-state index is -0.0868. The van der Waals surface area contributed by atoms with Gasteiger partial charge in [0.15, 0.2) is 0 Å². The van der Waals surface area contributed by atoms with E-state index < -0.39 is 0 Å². The molecular weight excluding hydrogens is 448 g/mol. The summed E-state index contributed by atoms with van der Waals surface area (Å²) in [5.41, 5.74) is 9.50. The number of hydrogen-bond donors (Lipinski definition) is 2. The molecule has 36 heavy (non-hydrogen) atoms. The lowest BCUT2D eigenvalue weighted by molar-refractivity contribution is 0.200. The van der Waals surface area contributed by atoms with Crippen LogP contribution in [-0.2, 0) is 6.54 Å². The third-order valence-electron chi connectivity index (χ3n) is 6.78. The molecule has 0 spiro atoms. The van der Waals surface area contributed by atoms with Crippen molar-refractivity contribution < 1.29 is 4.74 Å². The highest BCUT2D eigenvalue weighted by atomic mass is 16.5. The Morgan fingerprint density at radius 2 is 1.86 bits per heavy atom. The molecule has 7 nitrogen and oxygen atoms in total. The van der Waals surface area contributed by atoms with Crippen LogP contribution in [0.5, 0.6) is 5.75 Å². The van der Waals surface area contributed by atoms with Gasteiger partial charge in [-0.05, 0) is 50.5 Å². The minimum Gasteiger partial charge on any atom is -0.488 e. The van der Waals surface area contributed by atoms with E-state index in [-0.39, 0.29) is 11.3 Å². The molecule has 7 heteroatoms. The van der Waals surface area contributed by atoms with Crippen molar-refractivity contribution in [1.29, 1.82) is 5.41 Å². The third-order valence-corrected chi connectivity index (χ3v) is 6.78. The molecule has 1 aromatic heterocycles. The van der Waals surface area contributed by atoms with Gasteiger partial charge >= 0.3 is 0 Å². The number of nitrogens with two attached hydrogens (primary N) is 1. The van der Waals surface area contributed by atoms with Gasteiger partial charge in [0.25, 0.3) is 0 Å². The van der Waals surface area contributed by atoms with E-state index >= 15 is 0 Å². The number of terminal acetylenes is 1. The molecule has 2 fully saturated rings. The second-order valence-corrected chi connectivity index (χ2v) is 9.70. The van der Waals surface area contributed by atoms with Crippen molar-refractivity contribution in [2.45, 2.75) is 44.9 Å². The van der Waals surface area contributed by atoms with Gasteiger partial charge in [-0.1, -0.05) is 30.3 Å². The van der Waals surface area contributed by atoms with Crippen LogP contribution in [0, 0.1) is 18.3 Å². The number of nitrogens with zero attached hydrogens (tertiary/aromatic N) is 4. The Hall–Kier alpha value is -3.89. The van der Waals surface area contributed by atoms with E-state index in [1.54, 1.807) is 12.4 Å². The number of nitrogen functional groups attached to an aromatic ring is 1. The summed E-state index contributed by atoms with van der Waals surface area (Å²) in [6.45, 7) is 8.07. The number of anilines is 2. The number of aromatic nitrogens is 2. The quantitative estimate of drug-likeness (QED) is 0.295. The van der Waals surface area contributed by atoms with E-state index in [0.29, 0.717) is 23.0 Å². The predicted octanol–water partition coefficient (Wildman–Crippen LogP) is 4.37. The van der Waals surface area contributed by atoms with E-state index in [1.165, 1.54) is 5.56 Å². The molecule has 1 aliphatic heterocycles. The number of piperazine rings is 1. The highest BCUT2D eigenvalue weighted by molar-refractivity contribution is 6.13. The Morgan fingerprint density at radius 1 is 1.11 bits per heavy atom. The summed E-state index contributed by atoms with van der Waals surface area (Å²) in [6, 6.07) is 18.3. The Labute approximate surface area is 213 Å². The molecule has 1 atom stereocenters. The lowest BCUT2D eigenvalue weighted by Crippen LogP contribution is -2.52. The van der Waals surface area contributed by atoms with Crippen LogP contribution in [0.2, 0.25) is 0 Å². The first-order chi connectivity index (χ1) is 17.4. The van der Waals surface area contributed by atoms with Crippen molar-refractivity contribution in [3.05, 3.63) is 77.7 Å². The van der Waals surface area contributed by atoms with Crippen LogP contribution in [0.15, 0.2) is 60.9 Å². The first-order valence-electron chi connectivity index (χ1n) is 12.3. The molecule has 1 aliphatic carbocycles. The molecule has 3 N–H and O–H groups in total. The van der Waals surface area contributed by atoms with Crippen LogP contribution < -0.4 is 15.4 Å². The molecule has 2 aliphatic rings. The molecule has 2 aromatic carbocycles. The SMILES string of the molecule is C#C.C[C@H]1CN(Cc2ccccc2)CCN1c1cc(C(=N)c2cc(OC3(C)CC3)ccc2N)ncn1. The lowest BCUT2D eigenvalue weighted by Gasteiger charge is -2.40. The molecule has 5 rings (SSSR count). The summed E-state index contributed by atoms with van der Waals surface area (Å²) in [6.07, 6.45) is 11.6. The maximum absolute atomic E-state index is 8.82. The molecule has 0 amide bonds. The van der Waals surface area contributed by atoms with E-state index in [0.717, 1.165) is 50.6 Å². The van der Waals surface area contributed by atoms with Crippen LogP contribution in [0.1, 0.15) is 43.5 Å². The highest BCUT2D eigenvalue weighted by Gasteiger charge is 2.40. The van der Waals surface area contributed by atoms with Crippen molar-refractivity contribution in [3.8, 4) is 18.6 Å². The van der Waals surface area contributed by atoms with Gasteiger partial charge in [-0.15, -0.1) is 12.8 Å². The molecule has 0 bridgehead atoms. The molecule has 1 saturated heterocycles. The first kappa shape index (κ1) is 25.2. The third kappa shape index (κ3) is 5.84. The van der Waals surface area contributed by atoms with Gasteiger partial charge in [-0.2, -0.15) is 0 Å². The Bertz CT molecular complexity index is 1220. The second kappa shape index (κ2) is 10.8. The average Bonchev–Trinajstić information content (AvgIpc) is 3.63. The van der Waals surface area contributed by atoms with Gasteiger partial charge in [0.1, 0.15) is 23.5 Å². The first-order valence-corrected chi connectivity index (χ1v) is 12.3. The van der Waals surface area contributed by atoms with Crippen LogP contribution in [0.25, 0.3) is 0 Å². The van der Waals surface area contributed by atoms with Gasteiger partial charge in [0.2, 0.25) is 0 Å². The van der Waals surface area contributed by atoms with Crippen molar-refractivity contribution in [1.82, 2.24) is 14.9 Å². The summed E-state index contributed by atoms with van der Waals surface area (Å²) in [5.74, 6) is 1.59. The number of ether oxygens (including phenoxy) is 1. The normalized spacial score (nSPS) is 18.6. The standard InChI is InChI=1S/C27H32N6O.C2H2/c1-19-16-32(17-20-6-4-3-5-7-20)12-13-33(19)25-15-24(30-18-31-25)26(29)22-14-21(8-9-23(22)28)34-27(2)10-11-27;1-2/h3-9,14-15,18-19,29H,10-13,16-17,28H2,1-2H3;1-2H/t19-;/m0./s1. The summed E-state index contributed by atoms with van der Waals surface area (Å²) < 4.78 is 6.08. The van der Waals surface area contributed by atoms with E-state index in [4.69, 9.17) is 15.9 Å². The zero-order valence-corrected chi connectivity index (χ0v) is 21.0. The smallest absolute Gasteiger partial charge is 0.132 e. The van der Waals surface area contributed by atoms with Gasteiger partial charge in [0, 0.05) is 49.5 Å². The van der Waals surface area contributed by atoms with Crippen LogP contribution in [0.4, 0.5) is 11.5 Å². The second-order valence-electron chi connectivity index (χ2n) is 9.70. The molecule has 2 heterocycles. The summed E-state index contributed by atoms with van der Waals surface area (Å²) in [5, 5.41) is 8.82. The van der Waals surface area contributed by atoms with Gasteiger partial charge < -0.3 is 15.4 Å². The maximum atomic E-state index is 8.82. The monoisotopic (exact) mass is 482 g/mol. The molecule has 1 saturated carbocycles. The Balaban J connectivity index is 0.00000148. The highest BCUT2D eigenvalue weighted by Crippen LogP contribution is 2.40. The van der Waals surface area contributed by atoms with Gasteiger partial charge in [-0.25, -0.2) is 9.97 Å². The number of benzene rings is 2. The van der Waals surface area contributed by atoms with Crippen molar-refractivity contribution >= 4 is 17.2 Å². The molecule has 186 valence electrons. The summed E-state index contributed by atoms with van der Waals surface area (Å²) >= 11 is 0. The van der Waals surface area contributed by atoms with Crippen LogP contribution in [-0.4, -0.2) is 51.9 Å². The van der Waals surface area contributed by atoms with Crippen molar-refractivity contribution in [3.63, 3.8) is 0 Å². The summed E-state index contributed by atoms with van der Waals surface area (Å²) in [7, 11) is 0. The molecule has 0 unspecified atom stereocenters. The summed E-state index contributed by atoms with van der Waals surface area (Å²) in [4.78, 5) is 13.7. The molecule has 3 aromatic rings. The number of hydrogen-bond acceptors (Lipinski definition) is 7. The zero-order valence-electron chi connectivity index (χ0n) is 21.0. The lowest BCUT2D eigenvalue weighted by atomic mass is 10.0. The van der Waals surface area contributed by atoms with E-state index in [2.05, 4.69) is 76.8 Å². The average molecular weight is 483 g/mol. The fourth-order valence-corrected chi connectivity index (χ4v) is 4.52. The topological polar surface area (TPSA) is 91.4 Å². The van der Waals surface area contributed by atoms with Crippen molar-refractivity contribution in [2.75, 3.05) is 30.3 Å². The maximum Gasteiger partial charge on any atom is 0.132 e. The Kier molecular flexibility index (Phi) is 7.56. The minimum absolute atomic E-state index is 0.0868. The fraction of sp³-hybridized carbons (Fsp3) is 0.345. The fourth-order valence-electron chi connectivity index (χ4n) is 4.52. The number of rotatable bonds is 7. The number of nitrogens with one attached hydrogen (secondary N) is 1. The molecule has 0 radical (unpaired) electrons. The van der Waals surface area contributed by atoms with Gasteiger partial charge in [0.05, 0.1) is 11.4 Å². The largest absolute Gasteiger partial charge is 0.488 e. The molecular formula is C29H34N6O. The predicted molar refractivity (Wildman–Crippen MR) is 146 cm³/mol. The van der Waals surface area contributed by atoms with Crippen LogP contribution in [0.3, 0.4) is 0 Å². The van der Waals surface area contributed by atoms with E-state index in [9.17, 15) is 0 Å². The van der Waals surface area contributed by atoms with Crippen molar-refractivity contribution in [2.24, 2.45) is 0 Å².